The summed E-state index contributed by atoms with van der Waals surface area (Å²) >= 11 is 0. The van der Waals surface area contributed by atoms with Crippen LogP contribution < -0.4 is 0 Å². The van der Waals surface area contributed by atoms with Crippen molar-refractivity contribution < 1.29 is 4.39 Å². The molecular formula is C15H21F. The number of halogens is 1. The van der Waals surface area contributed by atoms with Gasteiger partial charge in [0.15, 0.2) is 0 Å². The van der Waals surface area contributed by atoms with Crippen molar-refractivity contribution >= 4 is 0 Å². The summed E-state index contributed by atoms with van der Waals surface area (Å²) in [6, 6.07) is 7.16. The molecule has 88 valence electrons. The first-order valence-electron chi connectivity index (χ1n) is 6.55. The van der Waals surface area contributed by atoms with E-state index in [-0.39, 0.29) is 5.82 Å². The fourth-order valence-corrected chi connectivity index (χ4v) is 2.95. The fraction of sp³-hybridized carbons (Fsp3) is 0.600. The van der Waals surface area contributed by atoms with E-state index >= 15 is 0 Å². The van der Waals surface area contributed by atoms with Crippen LogP contribution in [-0.4, -0.2) is 0 Å². The number of hydrogen-bond donors (Lipinski definition) is 0. The zero-order valence-electron chi connectivity index (χ0n) is 10.1. The standard InChI is InChI=1S/C15H21F/c1-2-4-12-7-9-13(10-8-12)14-5-3-6-15(16)11-14/h3,5-6,11-13H,2,4,7-10H2,1H3/t12-,13-. The van der Waals surface area contributed by atoms with Crippen LogP contribution in [0.1, 0.15) is 56.9 Å². The first-order chi connectivity index (χ1) is 7.79. The Kier molecular flexibility index (Phi) is 3.98. The van der Waals surface area contributed by atoms with E-state index in [1.807, 2.05) is 6.07 Å². The van der Waals surface area contributed by atoms with Gasteiger partial charge in [0.05, 0.1) is 0 Å². The quantitative estimate of drug-likeness (QED) is 0.679. The molecular weight excluding hydrogens is 199 g/mol. The van der Waals surface area contributed by atoms with Gasteiger partial charge in [-0.1, -0.05) is 31.9 Å². The topological polar surface area (TPSA) is 0 Å². The minimum Gasteiger partial charge on any atom is -0.207 e. The van der Waals surface area contributed by atoms with Crippen molar-refractivity contribution in [2.45, 2.75) is 51.4 Å². The zero-order chi connectivity index (χ0) is 11.4. The molecule has 0 unspecified atom stereocenters. The first kappa shape index (κ1) is 11.6. The van der Waals surface area contributed by atoms with Crippen molar-refractivity contribution in [1.29, 1.82) is 0 Å². The molecule has 0 saturated heterocycles. The Labute approximate surface area is 97.9 Å². The van der Waals surface area contributed by atoms with Gasteiger partial charge in [-0.05, 0) is 55.2 Å². The normalized spacial score (nSPS) is 25.6. The smallest absolute Gasteiger partial charge is 0.123 e. The molecule has 0 aromatic heterocycles. The van der Waals surface area contributed by atoms with E-state index in [9.17, 15) is 4.39 Å². The average Bonchev–Trinajstić information content (AvgIpc) is 2.30. The molecule has 0 atom stereocenters. The van der Waals surface area contributed by atoms with Gasteiger partial charge in [-0.2, -0.15) is 0 Å². The zero-order valence-corrected chi connectivity index (χ0v) is 10.1. The Morgan fingerprint density at radius 1 is 1.19 bits per heavy atom. The molecule has 0 amide bonds. The van der Waals surface area contributed by atoms with Crippen molar-refractivity contribution in [2.24, 2.45) is 5.92 Å². The highest BCUT2D eigenvalue weighted by molar-refractivity contribution is 5.21. The van der Waals surface area contributed by atoms with E-state index in [4.69, 9.17) is 0 Å². The van der Waals surface area contributed by atoms with E-state index in [1.54, 1.807) is 6.07 Å². The molecule has 1 fully saturated rings. The molecule has 0 bridgehead atoms. The fourth-order valence-electron chi connectivity index (χ4n) is 2.95. The second kappa shape index (κ2) is 5.47. The molecule has 0 aliphatic heterocycles. The summed E-state index contributed by atoms with van der Waals surface area (Å²) in [4.78, 5) is 0. The van der Waals surface area contributed by atoms with Crippen LogP contribution in [-0.2, 0) is 0 Å². The lowest BCUT2D eigenvalue weighted by Gasteiger charge is -2.28. The number of hydrogen-bond acceptors (Lipinski definition) is 0. The lowest BCUT2D eigenvalue weighted by atomic mass is 9.77. The molecule has 1 aromatic rings. The van der Waals surface area contributed by atoms with Crippen LogP contribution in [0.4, 0.5) is 4.39 Å². The molecule has 1 saturated carbocycles. The van der Waals surface area contributed by atoms with Crippen molar-refractivity contribution in [1.82, 2.24) is 0 Å². The van der Waals surface area contributed by atoms with Crippen LogP contribution in [0.2, 0.25) is 0 Å². The van der Waals surface area contributed by atoms with Gasteiger partial charge in [0.1, 0.15) is 5.82 Å². The van der Waals surface area contributed by atoms with E-state index in [0.29, 0.717) is 5.92 Å². The van der Waals surface area contributed by atoms with Gasteiger partial charge in [0, 0.05) is 0 Å². The SMILES string of the molecule is CCC[C@H]1CC[C@H](c2cccc(F)c2)CC1. The van der Waals surface area contributed by atoms with Crippen LogP contribution >= 0.6 is 0 Å². The second-order valence-corrected chi connectivity index (χ2v) is 5.06. The molecule has 0 spiro atoms. The molecule has 0 heterocycles. The highest BCUT2D eigenvalue weighted by Crippen LogP contribution is 2.37. The Morgan fingerprint density at radius 2 is 1.94 bits per heavy atom. The van der Waals surface area contributed by atoms with Crippen LogP contribution in [0.15, 0.2) is 24.3 Å². The van der Waals surface area contributed by atoms with Crippen molar-refractivity contribution in [2.75, 3.05) is 0 Å². The monoisotopic (exact) mass is 220 g/mol. The van der Waals surface area contributed by atoms with Crippen molar-refractivity contribution in [3.63, 3.8) is 0 Å². The van der Waals surface area contributed by atoms with E-state index < -0.39 is 0 Å². The third kappa shape index (κ3) is 2.84. The minimum atomic E-state index is -0.0896. The largest absolute Gasteiger partial charge is 0.207 e. The predicted octanol–water partition coefficient (Wildman–Crippen LogP) is 4.90. The Balaban J connectivity index is 1.94. The second-order valence-electron chi connectivity index (χ2n) is 5.06. The van der Waals surface area contributed by atoms with Crippen LogP contribution in [0, 0.1) is 11.7 Å². The van der Waals surface area contributed by atoms with Crippen LogP contribution in [0.5, 0.6) is 0 Å². The average molecular weight is 220 g/mol. The Bertz CT molecular complexity index is 324. The van der Waals surface area contributed by atoms with Crippen LogP contribution in [0.25, 0.3) is 0 Å². The molecule has 1 aromatic carbocycles. The summed E-state index contributed by atoms with van der Waals surface area (Å²) in [5.41, 5.74) is 1.20. The summed E-state index contributed by atoms with van der Waals surface area (Å²) in [5.74, 6) is 1.44. The van der Waals surface area contributed by atoms with E-state index in [2.05, 4.69) is 13.0 Å². The highest BCUT2D eigenvalue weighted by Gasteiger charge is 2.21. The molecule has 1 aliphatic carbocycles. The maximum atomic E-state index is 13.1. The third-order valence-corrected chi connectivity index (χ3v) is 3.86. The van der Waals surface area contributed by atoms with Gasteiger partial charge in [-0.3, -0.25) is 0 Å². The molecule has 1 aliphatic rings. The Morgan fingerprint density at radius 3 is 2.56 bits per heavy atom. The summed E-state index contributed by atoms with van der Waals surface area (Å²) in [6.07, 6.45) is 7.82. The lowest BCUT2D eigenvalue weighted by Crippen LogP contribution is -2.13. The summed E-state index contributed by atoms with van der Waals surface area (Å²) in [6.45, 7) is 2.26. The molecule has 0 radical (unpaired) electrons. The highest BCUT2D eigenvalue weighted by atomic mass is 19.1. The lowest BCUT2D eigenvalue weighted by molar-refractivity contribution is 0.308. The number of rotatable bonds is 3. The minimum absolute atomic E-state index is 0.0896. The van der Waals surface area contributed by atoms with Gasteiger partial charge in [0.25, 0.3) is 0 Å². The third-order valence-electron chi connectivity index (χ3n) is 3.86. The van der Waals surface area contributed by atoms with Gasteiger partial charge >= 0.3 is 0 Å². The Hall–Kier alpha value is -0.850. The van der Waals surface area contributed by atoms with Crippen molar-refractivity contribution in [3.8, 4) is 0 Å². The molecule has 16 heavy (non-hydrogen) atoms. The van der Waals surface area contributed by atoms with Gasteiger partial charge in [-0.25, -0.2) is 4.39 Å². The number of benzene rings is 1. The van der Waals surface area contributed by atoms with Crippen LogP contribution in [0.3, 0.4) is 0 Å². The predicted molar refractivity (Wildman–Crippen MR) is 66.0 cm³/mol. The molecule has 2 rings (SSSR count). The maximum absolute atomic E-state index is 13.1. The molecule has 0 nitrogen and oxygen atoms in total. The summed E-state index contributed by atoms with van der Waals surface area (Å²) < 4.78 is 13.1. The van der Waals surface area contributed by atoms with E-state index in [1.165, 1.54) is 50.2 Å². The maximum Gasteiger partial charge on any atom is 0.123 e. The van der Waals surface area contributed by atoms with Gasteiger partial charge < -0.3 is 0 Å². The first-order valence-corrected chi connectivity index (χ1v) is 6.55. The summed E-state index contributed by atoms with van der Waals surface area (Å²) in [7, 11) is 0. The summed E-state index contributed by atoms with van der Waals surface area (Å²) in [5, 5.41) is 0. The van der Waals surface area contributed by atoms with Gasteiger partial charge in [-0.15, -0.1) is 0 Å². The van der Waals surface area contributed by atoms with Gasteiger partial charge in [0.2, 0.25) is 0 Å². The van der Waals surface area contributed by atoms with E-state index in [0.717, 1.165) is 5.92 Å². The van der Waals surface area contributed by atoms with Crippen molar-refractivity contribution in [3.05, 3.63) is 35.6 Å². The molecule has 0 N–H and O–H groups in total. The molecule has 1 heteroatoms.